The minimum Gasteiger partial charge on any atom is -0.399 e. The Morgan fingerprint density at radius 3 is 2.89 bits per heavy atom. The average molecular weight is 234 g/mol. The van der Waals surface area contributed by atoms with Crippen molar-refractivity contribution in [1.29, 1.82) is 5.26 Å². The van der Waals surface area contributed by atoms with Crippen LogP contribution in [0.1, 0.15) is 5.56 Å². The van der Waals surface area contributed by atoms with Crippen LogP contribution in [0.5, 0.6) is 0 Å². The fourth-order valence-corrected chi connectivity index (χ4v) is 1.96. The van der Waals surface area contributed by atoms with E-state index in [1.165, 1.54) is 0 Å². The molecule has 0 radical (unpaired) electrons. The number of imidazole rings is 1. The van der Waals surface area contributed by atoms with E-state index in [0.29, 0.717) is 11.3 Å². The van der Waals surface area contributed by atoms with Crippen molar-refractivity contribution in [3.05, 3.63) is 54.4 Å². The summed E-state index contributed by atoms with van der Waals surface area (Å²) >= 11 is 0. The molecule has 0 saturated carbocycles. The Balaban J connectivity index is 2.23. The Labute approximate surface area is 104 Å². The van der Waals surface area contributed by atoms with Gasteiger partial charge in [0, 0.05) is 11.4 Å². The first kappa shape index (κ1) is 10.4. The van der Waals surface area contributed by atoms with Gasteiger partial charge in [0.15, 0.2) is 0 Å². The third-order valence-electron chi connectivity index (χ3n) is 2.82. The Morgan fingerprint density at radius 1 is 1.17 bits per heavy atom. The topological polar surface area (TPSA) is 67.6 Å². The lowest BCUT2D eigenvalue weighted by Crippen LogP contribution is -1.92. The first-order valence-corrected chi connectivity index (χ1v) is 5.51. The van der Waals surface area contributed by atoms with Gasteiger partial charge in [-0.25, -0.2) is 4.98 Å². The van der Waals surface area contributed by atoms with Gasteiger partial charge in [0.25, 0.3) is 0 Å². The third-order valence-corrected chi connectivity index (χ3v) is 2.82. The molecule has 0 bridgehead atoms. The lowest BCUT2D eigenvalue weighted by atomic mass is 10.2. The molecule has 3 aromatic rings. The number of hydrogen-bond acceptors (Lipinski definition) is 3. The van der Waals surface area contributed by atoms with Crippen molar-refractivity contribution in [2.75, 3.05) is 5.73 Å². The molecular weight excluding hydrogens is 224 g/mol. The van der Waals surface area contributed by atoms with Crippen molar-refractivity contribution in [2.24, 2.45) is 0 Å². The molecule has 1 heterocycles. The molecule has 2 aromatic carbocycles. The second kappa shape index (κ2) is 3.90. The zero-order valence-electron chi connectivity index (χ0n) is 9.54. The molecule has 3 rings (SSSR count). The number of nitrogens with zero attached hydrogens (tertiary/aromatic N) is 3. The maximum Gasteiger partial charge on any atom is 0.100 e. The van der Waals surface area contributed by atoms with E-state index in [9.17, 15) is 0 Å². The van der Waals surface area contributed by atoms with E-state index in [-0.39, 0.29) is 0 Å². The van der Waals surface area contributed by atoms with Gasteiger partial charge in [-0.05, 0) is 36.4 Å². The van der Waals surface area contributed by atoms with Gasteiger partial charge in [0.2, 0.25) is 0 Å². The third kappa shape index (κ3) is 1.59. The zero-order valence-corrected chi connectivity index (χ0v) is 9.54. The fourth-order valence-electron chi connectivity index (χ4n) is 1.96. The number of nitrogen functional groups attached to an aromatic ring is 1. The van der Waals surface area contributed by atoms with Gasteiger partial charge in [0.05, 0.1) is 22.7 Å². The van der Waals surface area contributed by atoms with E-state index < -0.39 is 0 Å². The van der Waals surface area contributed by atoms with Crippen molar-refractivity contribution < 1.29 is 0 Å². The summed E-state index contributed by atoms with van der Waals surface area (Å²) in [5, 5.41) is 8.92. The molecule has 0 fully saturated rings. The molecule has 86 valence electrons. The van der Waals surface area contributed by atoms with E-state index in [1.54, 1.807) is 12.4 Å². The summed E-state index contributed by atoms with van der Waals surface area (Å²) in [5.74, 6) is 0. The van der Waals surface area contributed by atoms with Crippen LogP contribution in [0.4, 0.5) is 5.69 Å². The molecule has 0 aliphatic carbocycles. The minimum atomic E-state index is 0.629. The largest absolute Gasteiger partial charge is 0.399 e. The molecule has 0 spiro atoms. The zero-order chi connectivity index (χ0) is 12.5. The number of hydrogen-bond donors (Lipinski definition) is 1. The number of rotatable bonds is 1. The van der Waals surface area contributed by atoms with Crippen LogP contribution in [0.25, 0.3) is 16.7 Å². The lowest BCUT2D eigenvalue weighted by Gasteiger charge is -2.04. The average Bonchev–Trinajstić information content (AvgIpc) is 2.81. The van der Waals surface area contributed by atoms with Gasteiger partial charge in [-0.3, -0.25) is 4.57 Å². The summed E-state index contributed by atoms with van der Waals surface area (Å²) in [5.41, 5.74) is 9.78. The van der Waals surface area contributed by atoms with Gasteiger partial charge in [-0.2, -0.15) is 5.26 Å². The highest BCUT2D eigenvalue weighted by Gasteiger charge is 2.05. The van der Waals surface area contributed by atoms with Gasteiger partial charge >= 0.3 is 0 Å². The Kier molecular flexibility index (Phi) is 2.24. The van der Waals surface area contributed by atoms with Gasteiger partial charge in [-0.15, -0.1) is 0 Å². The van der Waals surface area contributed by atoms with Crippen molar-refractivity contribution in [3.63, 3.8) is 0 Å². The maximum atomic E-state index is 8.92. The summed E-state index contributed by atoms with van der Waals surface area (Å²) in [7, 11) is 0. The van der Waals surface area contributed by atoms with Gasteiger partial charge in [0.1, 0.15) is 6.33 Å². The highest BCUT2D eigenvalue weighted by Crippen LogP contribution is 2.20. The van der Waals surface area contributed by atoms with Crippen LogP contribution in [0.3, 0.4) is 0 Å². The van der Waals surface area contributed by atoms with Crippen molar-refractivity contribution in [3.8, 4) is 11.8 Å². The van der Waals surface area contributed by atoms with Crippen LogP contribution in [-0.2, 0) is 0 Å². The molecule has 0 unspecified atom stereocenters. The summed E-state index contributed by atoms with van der Waals surface area (Å²) in [6.07, 6.45) is 1.74. The van der Waals surface area contributed by atoms with E-state index in [2.05, 4.69) is 11.1 Å². The minimum absolute atomic E-state index is 0.629. The standard InChI is InChI=1S/C14H10N4/c15-8-10-2-1-3-12(6-10)18-9-17-13-7-11(16)4-5-14(13)18/h1-7,9H,16H2. The normalized spacial score (nSPS) is 10.4. The smallest absolute Gasteiger partial charge is 0.100 e. The molecule has 1 aromatic heterocycles. The van der Waals surface area contributed by atoms with Crippen molar-refractivity contribution >= 4 is 16.7 Å². The van der Waals surface area contributed by atoms with Crippen molar-refractivity contribution in [2.45, 2.75) is 0 Å². The molecule has 0 atom stereocenters. The molecular formula is C14H10N4. The SMILES string of the molecule is N#Cc1cccc(-n2cnc3cc(N)ccc32)c1. The molecule has 0 aliphatic rings. The second-order valence-corrected chi connectivity index (χ2v) is 4.02. The summed E-state index contributed by atoms with van der Waals surface area (Å²) in [6, 6.07) is 15.1. The molecule has 0 aliphatic heterocycles. The monoisotopic (exact) mass is 234 g/mol. The number of nitrogens with two attached hydrogens (primary N) is 1. The predicted molar refractivity (Wildman–Crippen MR) is 70.2 cm³/mol. The number of benzene rings is 2. The van der Waals surface area contributed by atoms with Crippen molar-refractivity contribution in [1.82, 2.24) is 9.55 Å². The number of aromatic nitrogens is 2. The summed E-state index contributed by atoms with van der Waals surface area (Å²) < 4.78 is 1.94. The van der Waals surface area contributed by atoms with Crippen LogP contribution in [0, 0.1) is 11.3 Å². The lowest BCUT2D eigenvalue weighted by molar-refractivity contribution is 1.09. The summed E-state index contributed by atoms with van der Waals surface area (Å²) in [4.78, 5) is 4.31. The first-order valence-electron chi connectivity index (χ1n) is 5.51. The van der Waals surface area contributed by atoms with Crippen LogP contribution in [0.2, 0.25) is 0 Å². The Hall–Kier alpha value is -2.80. The Morgan fingerprint density at radius 2 is 2.06 bits per heavy atom. The predicted octanol–water partition coefficient (Wildman–Crippen LogP) is 2.48. The molecule has 18 heavy (non-hydrogen) atoms. The number of nitriles is 1. The van der Waals surface area contributed by atoms with E-state index >= 15 is 0 Å². The first-order chi connectivity index (χ1) is 8.78. The number of fused-ring (bicyclic) bond motifs is 1. The van der Waals surface area contributed by atoms with E-state index in [1.807, 2.05) is 41.0 Å². The van der Waals surface area contributed by atoms with Crippen LogP contribution < -0.4 is 5.73 Å². The molecule has 0 amide bonds. The fraction of sp³-hybridized carbons (Fsp3) is 0. The quantitative estimate of drug-likeness (QED) is 0.658. The maximum absolute atomic E-state index is 8.92. The van der Waals surface area contributed by atoms with E-state index in [0.717, 1.165) is 16.7 Å². The van der Waals surface area contributed by atoms with Crippen LogP contribution in [0.15, 0.2) is 48.8 Å². The van der Waals surface area contributed by atoms with Crippen LogP contribution >= 0.6 is 0 Å². The molecule has 4 nitrogen and oxygen atoms in total. The molecule has 4 heteroatoms. The van der Waals surface area contributed by atoms with E-state index in [4.69, 9.17) is 11.0 Å². The van der Waals surface area contributed by atoms with Gasteiger partial charge < -0.3 is 5.73 Å². The van der Waals surface area contributed by atoms with Gasteiger partial charge in [-0.1, -0.05) is 6.07 Å². The Bertz CT molecular complexity index is 765. The molecule has 0 saturated heterocycles. The second-order valence-electron chi connectivity index (χ2n) is 4.02. The molecule has 2 N–H and O–H groups in total. The summed E-state index contributed by atoms with van der Waals surface area (Å²) in [6.45, 7) is 0. The number of anilines is 1. The highest BCUT2D eigenvalue weighted by atomic mass is 15.0. The highest BCUT2D eigenvalue weighted by molar-refractivity contribution is 5.80. The van der Waals surface area contributed by atoms with Crippen LogP contribution in [-0.4, -0.2) is 9.55 Å².